The van der Waals surface area contributed by atoms with Crippen LogP contribution in [0.25, 0.3) is 0 Å². The molecule has 0 radical (unpaired) electrons. The number of hydrogen-bond donors (Lipinski definition) is 1. The van der Waals surface area contributed by atoms with Gasteiger partial charge in [-0.15, -0.1) is 0 Å². The van der Waals surface area contributed by atoms with Gasteiger partial charge < -0.3 is 10.1 Å². The second kappa shape index (κ2) is 7.03. The molecule has 1 saturated carbocycles. The Labute approximate surface area is 158 Å². The molecule has 2 atom stereocenters. The zero-order valence-electron chi connectivity index (χ0n) is 15.4. The van der Waals surface area contributed by atoms with E-state index in [9.17, 15) is 4.79 Å². The number of nitrogens with one attached hydrogen (secondary N) is 1. The molecule has 2 aromatic rings. The first-order chi connectivity index (χ1) is 13.3. The molecule has 5 rings (SSSR count). The summed E-state index contributed by atoms with van der Waals surface area (Å²) < 4.78 is 7.35. The number of rotatable bonds is 4. The molecule has 142 valence electrons. The van der Waals surface area contributed by atoms with Gasteiger partial charge in [-0.3, -0.25) is 4.79 Å². The van der Waals surface area contributed by atoms with Crippen LogP contribution in [0.3, 0.4) is 0 Å². The highest BCUT2D eigenvalue weighted by Gasteiger charge is 2.34. The predicted octanol–water partition coefficient (Wildman–Crippen LogP) is 2.23. The van der Waals surface area contributed by atoms with Gasteiger partial charge in [-0.2, -0.15) is 5.10 Å². The number of anilines is 1. The largest absolute Gasteiger partial charge is 0.377 e. The van der Waals surface area contributed by atoms with Gasteiger partial charge in [0.1, 0.15) is 18.2 Å². The van der Waals surface area contributed by atoms with Crippen molar-refractivity contribution in [3.8, 4) is 0 Å². The van der Waals surface area contributed by atoms with Crippen molar-refractivity contribution < 1.29 is 4.74 Å². The average molecular weight is 367 g/mol. The molecule has 3 heterocycles. The summed E-state index contributed by atoms with van der Waals surface area (Å²) in [6.07, 6.45) is 9.60. The summed E-state index contributed by atoms with van der Waals surface area (Å²) in [5.41, 5.74) is 3.35. The molecule has 2 aliphatic carbocycles. The van der Waals surface area contributed by atoms with E-state index in [0.717, 1.165) is 30.0 Å². The Balaban J connectivity index is 1.43. The van der Waals surface area contributed by atoms with Gasteiger partial charge in [0, 0.05) is 23.2 Å². The lowest BCUT2D eigenvalue weighted by Gasteiger charge is -2.22. The molecule has 0 spiro atoms. The van der Waals surface area contributed by atoms with Crippen molar-refractivity contribution in [2.75, 3.05) is 18.5 Å². The summed E-state index contributed by atoms with van der Waals surface area (Å²) in [7, 11) is 0. The molecule has 1 aliphatic heterocycles. The molecule has 7 heteroatoms. The molecule has 1 N–H and O–H groups in total. The first kappa shape index (κ1) is 16.9. The topological polar surface area (TPSA) is 81.9 Å². The monoisotopic (exact) mass is 367 g/mol. The van der Waals surface area contributed by atoms with E-state index in [-0.39, 0.29) is 17.6 Å². The first-order valence-corrected chi connectivity index (χ1v) is 10.1. The van der Waals surface area contributed by atoms with E-state index in [1.165, 1.54) is 37.7 Å². The third-order valence-electron chi connectivity index (χ3n) is 5.90. The first-order valence-electron chi connectivity index (χ1n) is 10.1. The molecule has 1 saturated heterocycles. The summed E-state index contributed by atoms with van der Waals surface area (Å²) in [5, 5.41) is 8.22. The van der Waals surface area contributed by atoms with Gasteiger partial charge in [0.2, 0.25) is 0 Å². The molecule has 2 aromatic heterocycles. The van der Waals surface area contributed by atoms with Gasteiger partial charge in [-0.1, -0.05) is 6.42 Å². The van der Waals surface area contributed by atoms with Crippen molar-refractivity contribution in [1.29, 1.82) is 0 Å². The second-order valence-corrected chi connectivity index (χ2v) is 7.88. The molecule has 3 aliphatic rings. The van der Waals surface area contributed by atoms with Crippen LogP contribution in [-0.2, 0) is 17.6 Å². The van der Waals surface area contributed by atoms with E-state index < -0.39 is 0 Å². The zero-order chi connectivity index (χ0) is 18.2. The third-order valence-corrected chi connectivity index (χ3v) is 5.90. The van der Waals surface area contributed by atoms with Crippen LogP contribution in [0, 0.1) is 0 Å². The highest BCUT2D eigenvalue weighted by Crippen LogP contribution is 2.38. The van der Waals surface area contributed by atoms with Crippen LogP contribution in [-0.4, -0.2) is 39.0 Å². The number of fused-ring (bicyclic) bond motifs is 1. The van der Waals surface area contributed by atoms with Crippen molar-refractivity contribution in [2.24, 2.45) is 0 Å². The van der Waals surface area contributed by atoms with Gasteiger partial charge in [0.15, 0.2) is 0 Å². The van der Waals surface area contributed by atoms with Crippen molar-refractivity contribution in [1.82, 2.24) is 19.7 Å². The SMILES string of the molecule is O=c1ccc(C2CC2)nn1C1COCC1Nc1ncnc2c1CCCCC2. The lowest BCUT2D eigenvalue weighted by atomic mass is 10.1. The smallest absolute Gasteiger partial charge is 0.267 e. The molecule has 7 nitrogen and oxygen atoms in total. The van der Waals surface area contributed by atoms with Crippen molar-refractivity contribution in [2.45, 2.75) is 62.9 Å². The normalized spacial score (nSPS) is 25.0. The maximum atomic E-state index is 12.5. The van der Waals surface area contributed by atoms with E-state index in [2.05, 4.69) is 20.4 Å². The Hall–Kier alpha value is -2.28. The molecular formula is C20H25N5O2. The van der Waals surface area contributed by atoms with Crippen molar-refractivity contribution in [3.63, 3.8) is 0 Å². The second-order valence-electron chi connectivity index (χ2n) is 7.88. The maximum absolute atomic E-state index is 12.5. The third kappa shape index (κ3) is 3.36. The number of hydrogen-bond acceptors (Lipinski definition) is 6. The van der Waals surface area contributed by atoms with Crippen LogP contribution >= 0.6 is 0 Å². The van der Waals surface area contributed by atoms with Gasteiger partial charge in [0.05, 0.1) is 24.9 Å². The summed E-state index contributed by atoms with van der Waals surface area (Å²) in [6, 6.07) is 3.38. The number of ether oxygens (including phenoxy) is 1. The number of nitrogens with zero attached hydrogens (tertiary/aromatic N) is 4. The molecule has 2 fully saturated rings. The van der Waals surface area contributed by atoms with Gasteiger partial charge in [-0.05, 0) is 44.6 Å². The fourth-order valence-electron chi connectivity index (χ4n) is 4.19. The minimum Gasteiger partial charge on any atom is -0.377 e. The highest BCUT2D eigenvalue weighted by atomic mass is 16.5. The quantitative estimate of drug-likeness (QED) is 0.835. The lowest BCUT2D eigenvalue weighted by Crippen LogP contribution is -2.38. The minimum absolute atomic E-state index is 0.0214. The molecule has 0 amide bonds. The Morgan fingerprint density at radius 1 is 1.07 bits per heavy atom. The lowest BCUT2D eigenvalue weighted by molar-refractivity contribution is 0.182. The van der Waals surface area contributed by atoms with Crippen LogP contribution in [0.4, 0.5) is 5.82 Å². The van der Waals surface area contributed by atoms with Crippen molar-refractivity contribution in [3.05, 3.63) is 45.8 Å². The molecular weight excluding hydrogens is 342 g/mol. The average Bonchev–Trinajstić information content (AvgIpc) is 3.47. The van der Waals surface area contributed by atoms with Crippen LogP contribution in [0.15, 0.2) is 23.3 Å². The van der Waals surface area contributed by atoms with Crippen LogP contribution < -0.4 is 10.9 Å². The Kier molecular flexibility index (Phi) is 4.39. The summed E-state index contributed by atoms with van der Waals surface area (Å²) in [5.74, 6) is 1.41. The Morgan fingerprint density at radius 2 is 1.96 bits per heavy atom. The summed E-state index contributed by atoms with van der Waals surface area (Å²) >= 11 is 0. The minimum atomic E-state index is -0.118. The summed E-state index contributed by atoms with van der Waals surface area (Å²) in [6.45, 7) is 1.04. The van der Waals surface area contributed by atoms with E-state index in [4.69, 9.17) is 4.74 Å². The van der Waals surface area contributed by atoms with Gasteiger partial charge >= 0.3 is 0 Å². The number of aryl methyl sites for hydroxylation is 1. The van der Waals surface area contributed by atoms with Crippen LogP contribution in [0.5, 0.6) is 0 Å². The van der Waals surface area contributed by atoms with E-state index in [0.29, 0.717) is 19.1 Å². The maximum Gasteiger partial charge on any atom is 0.267 e. The highest BCUT2D eigenvalue weighted by molar-refractivity contribution is 5.47. The predicted molar refractivity (Wildman–Crippen MR) is 101 cm³/mol. The molecule has 27 heavy (non-hydrogen) atoms. The van der Waals surface area contributed by atoms with E-state index in [1.807, 2.05) is 6.07 Å². The Bertz CT molecular complexity index is 892. The zero-order valence-corrected chi connectivity index (χ0v) is 15.4. The molecule has 0 aromatic carbocycles. The van der Waals surface area contributed by atoms with Crippen LogP contribution in [0.2, 0.25) is 0 Å². The standard InChI is InChI=1S/C20H25N5O2/c26-19-9-8-15(13-6-7-13)24-25(19)18-11-27-10-17(18)23-20-14-4-2-1-3-5-16(14)21-12-22-20/h8-9,12-13,17-18H,1-7,10-11H2,(H,21,22,23). The Morgan fingerprint density at radius 3 is 2.85 bits per heavy atom. The van der Waals surface area contributed by atoms with E-state index >= 15 is 0 Å². The van der Waals surface area contributed by atoms with Crippen molar-refractivity contribution >= 4 is 5.82 Å². The fraction of sp³-hybridized carbons (Fsp3) is 0.600. The molecule has 0 bridgehead atoms. The van der Waals surface area contributed by atoms with Gasteiger partial charge in [-0.25, -0.2) is 14.6 Å². The number of aromatic nitrogens is 4. The van der Waals surface area contributed by atoms with Gasteiger partial charge in [0.25, 0.3) is 5.56 Å². The molecule has 2 unspecified atom stereocenters. The van der Waals surface area contributed by atoms with E-state index in [1.54, 1.807) is 17.1 Å². The summed E-state index contributed by atoms with van der Waals surface area (Å²) in [4.78, 5) is 21.5. The van der Waals surface area contributed by atoms with Crippen LogP contribution in [0.1, 0.15) is 61.0 Å². The fourth-order valence-corrected chi connectivity index (χ4v) is 4.19.